The van der Waals surface area contributed by atoms with Crippen molar-refractivity contribution in [2.24, 2.45) is 0 Å². The summed E-state index contributed by atoms with van der Waals surface area (Å²) in [5, 5.41) is 12.9. The highest BCUT2D eigenvalue weighted by atomic mass is 32.2. The molecule has 1 aromatic carbocycles. The molecule has 0 saturated heterocycles. The molecule has 0 radical (unpaired) electrons. The van der Waals surface area contributed by atoms with Gasteiger partial charge in [-0.1, -0.05) is 6.07 Å². The van der Waals surface area contributed by atoms with Crippen molar-refractivity contribution in [2.75, 3.05) is 12.4 Å². The molecule has 3 N–H and O–H groups in total. The number of phenolic OH excluding ortho intramolecular Hbond substituents is 1. The Labute approximate surface area is 180 Å². The number of ether oxygens (including phenoxy) is 1. The van der Waals surface area contributed by atoms with Gasteiger partial charge in [-0.25, -0.2) is 9.78 Å². The molecule has 1 unspecified atom stereocenters. The number of H-pyrrole nitrogens is 1. The average Bonchev–Trinajstić information content (AvgIpc) is 3.01. The lowest BCUT2D eigenvalue weighted by Gasteiger charge is -2.14. The number of thiophene rings is 1. The standard InChI is InChI=1S/C20H21N3O5S2/c1-9-10(2)30-19-15(9)18(26)22-14(23-19)8-29-11(3)17(25)21-13-7-5-6-12(16(13)24)20(27)28-4/h5-7,11,24H,8H2,1-4H3,(H,21,25)(H,22,23,26). The third-order valence-electron chi connectivity index (χ3n) is 4.63. The lowest BCUT2D eigenvalue weighted by Crippen LogP contribution is -2.23. The van der Waals surface area contributed by atoms with Gasteiger partial charge >= 0.3 is 5.97 Å². The Morgan fingerprint density at radius 1 is 1.37 bits per heavy atom. The first kappa shape index (κ1) is 21.8. The maximum absolute atomic E-state index is 12.5. The number of carbonyl (C=O) groups is 2. The van der Waals surface area contributed by atoms with E-state index in [2.05, 4.69) is 20.0 Å². The Kier molecular flexibility index (Phi) is 6.47. The first-order valence-electron chi connectivity index (χ1n) is 9.04. The summed E-state index contributed by atoms with van der Waals surface area (Å²) in [6, 6.07) is 4.43. The Hall–Kier alpha value is -2.85. The van der Waals surface area contributed by atoms with E-state index in [1.165, 1.54) is 48.4 Å². The van der Waals surface area contributed by atoms with Gasteiger partial charge in [-0.05, 0) is 38.5 Å². The second-order valence-corrected chi connectivity index (χ2v) is 9.14. The fourth-order valence-electron chi connectivity index (χ4n) is 2.80. The number of aryl methyl sites for hydroxylation is 2. The van der Waals surface area contributed by atoms with Crippen molar-refractivity contribution in [3.05, 3.63) is 50.4 Å². The molecule has 0 saturated carbocycles. The normalized spacial score (nSPS) is 12.0. The van der Waals surface area contributed by atoms with Gasteiger partial charge in [0.15, 0.2) is 5.75 Å². The van der Waals surface area contributed by atoms with Crippen LogP contribution in [-0.2, 0) is 15.3 Å². The molecule has 1 amide bonds. The topological polar surface area (TPSA) is 121 Å². The molecule has 158 valence electrons. The Morgan fingerprint density at radius 2 is 2.10 bits per heavy atom. The Bertz CT molecular complexity index is 1190. The number of nitrogens with one attached hydrogen (secondary N) is 2. The average molecular weight is 448 g/mol. The van der Waals surface area contributed by atoms with E-state index < -0.39 is 11.2 Å². The number of fused-ring (bicyclic) bond motifs is 1. The van der Waals surface area contributed by atoms with Crippen LogP contribution in [0.4, 0.5) is 5.69 Å². The Balaban J connectivity index is 1.69. The van der Waals surface area contributed by atoms with Crippen molar-refractivity contribution in [1.82, 2.24) is 9.97 Å². The highest BCUT2D eigenvalue weighted by Gasteiger charge is 2.20. The van der Waals surface area contributed by atoms with Crippen molar-refractivity contribution >= 4 is 50.9 Å². The van der Waals surface area contributed by atoms with Crippen LogP contribution in [0, 0.1) is 13.8 Å². The molecule has 2 aromatic heterocycles. The number of benzene rings is 1. The molecule has 10 heteroatoms. The minimum Gasteiger partial charge on any atom is -0.505 e. The van der Waals surface area contributed by atoms with Crippen LogP contribution >= 0.6 is 23.1 Å². The highest BCUT2D eigenvalue weighted by Crippen LogP contribution is 2.29. The van der Waals surface area contributed by atoms with Crippen LogP contribution in [0.2, 0.25) is 0 Å². The summed E-state index contributed by atoms with van der Waals surface area (Å²) >= 11 is 2.76. The number of hydrogen-bond acceptors (Lipinski definition) is 8. The summed E-state index contributed by atoms with van der Waals surface area (Å²) in [6.45, 7) is 5.56. The smallest absolute Gasteiger partial charge is 0.341 e. The zero-order valence-corrected chi connectivity index (χ0v) is 18.5. The minimum absolute atomic E-state index is 0.0350. The molecule has 3 rings (SSSR count). The van der Waals surface area contributed by atoms with Crippen molar-refractivity contribution in [3.8, 4) is 5.75 Å². The molecule has 3 aromatic rings. The lowest BCUT2D eigenvalue weighted by molar-refractivity contribution is -0.115. The summed E-state index contributed by atoms with van der Waals surface area (Å²) < 4.78 is 4.61. The maximum Gasteiger partial charge on any atom is 0.341 e. The van der Waals surface area contributed by atoms with Gasteiger partial charge < -0.3 is 20.1 Å². The fourth-order valence-corrected chi connectivity index (χ4v) is 4.60. The molecule has 30 heavy (non-hydrogen) atoms. The van der Waals surface area contributed by atoms with E-state index in [9.17, 15) is 19.5 Å². The first-order chi connectivity index (χ1) is 14.2. The number of anilines is 1. The second-order valence-electron chi connectivity index (χ2n) is 6.61. The molecule has 8 nitrogen and oxygen atoms in total. The van der Waals surface area contributed by atoms with E-state index in [1.54, 1.807) is 6.92 Å². The number of phenols is 1. The quantitative estimate of drug-likeness (QED) is 0.391. The third-order valence-corrected chi connectivity index (χ3v) is 6.88. The third kappa shape index (κ3) is 4.34. The SMILES string of the molecule is COC(=O)c1cccc(NC(=O)C(C)SCc2nc3sc(C)c(C)c3c(=O)[nH]2)c1O. The van der Waals surface area contributed by atoms with Crippen LogP contribution in [0.1, 0.15) is 33.5 Å². The molecule has 0 spiro atoms. The minimum atomic E-state index is -0.699. The first-order valence-corrected chi connectivity index (χ1v) is 10.9. The van der Waals surface area contributed by atoms with Crippen molar-refractivity contribution < 1.29 is 19.4 Å². The molecule has 1 atom stereocenters. The summed E-state index contributed by atoms with van der Waals surface area (Å²) in [5.74, 6) is -0.577. The van der Waals surface area contributed by atoms with E-state index >= 15 is 0 Å². The largest absolute Gasteiger partial charge is 0.505 e. The van der Waals surface area contributed by atoms with Gasteiger partial charge in [-0.15, -0.1) is 23.1 Å². The molecular formula is C20H21N3O5S2. The van der Waals surface area contributed by atoms with Crippen LogP contribution in [0.25, 0.3) is 10.2 Å². The summed E-state index contributed by atoms with van der Waals surface area (Å²) in [5.41, 5.74) is 0.837. The number of rotatable bonds is 6. The molecule has 0 aliphatic rings. The fraction of sp³-hybridized carbons (Fsp3) is 0.300. The highest BCUT2D eigenvalue weighted by molar-refractivity contribution is 7.99. The molecule has 2 heterocycles. The van der Waals surface area contributed by atoms with E-state index in [4.69, 9.17) is 0 Å². The predicted octanol–water partition coefficient (Wildman–Crippen LogP) is 3.35. The van der Waals surface area contributed by atoms with Crippen LogP contribution in [-0.4, -0.2) is 39.3 Å². The number of methoxy groups -OCH3 is 1. The number of aromatic nitrogens is 2. The molecular weight excluding hydrogens is 426 g/mol. The maximum atomic E-state index is 12.5. The number of hydrogen-bond donors (Lipinski definition) is 3. The van der Waals surface area contributed by atoms with E-state index in [0.717, 1.165) is 10.4 Å². The van der Waals surface area contributed by atoms with Crippen LogP contribution in [0.5, 0.6) is 5.75 Å². The summed E-state index contributed by atoms with van der Waals surface area (Å²) in [6.07, 6.45) is 0. The van der Waals surface area contributed by atoms with Crippen LogP contribution in [0.3, 0.4) is 0 Å². The summed E-state index contributed by atoms with van der Waals surface area (Å²) in [7, 11) is 1.21. The van der Waals surface area contributed by atoms with Gasteiger partial charge in [0.25, 0.3) is 5.56 Å². The number of esters is 1. The second kappa shape index (κ2) is 8.88. The number of thioether (sulfide) groups is 1. The zero-order chi connectivity index (χ0) is 22.0. The molecule has 0 bridgehead atoms. The van der Waals surface area contributed by atoms with Gasteiger partial charge in [0.2, 0.25) is 5.91 Å². The van der Waals surface area contributed by atoms with Gasteiger partial charge in [0.05, 0.1) is 29.2 Å². The monoisotopic (exact) mass is 447 g/mol. The molecule has 0 aliphatic heterocycles. The number of para-hydroxylation sites is 1. The number of aromatic amines is 1. The van der Waals surface area contributed by atoms with E-state index in [1.807, 2.05) is 13.8 Å². The lowest BCUT2D eigenvalue weighted by atomic mass is 10.1. The number of carbonyl (C=O) groups excluding carboxylic acids is 2. The Morgan fingerprint density at radius 3 is 2.80 bits per heavy atom. The van der Waals surface area contributed by atoms with Crippen molar-refractivity contribution in [2.45, 2.75) is 31.8 Å². The van der Waals surface area contributed by atoms with Gasteiger partial charge in [0.1, 0.15) is 16.2 Å². The van der Waals surface area contributed by atoms with Crippen LogP contribution < -0.4 is 10.9 Å². The number of aromatic hydroxyl groups is 1. The summed E-state index contributed by atoms with van der Waals surface area (Å²) in [4.78, 5) is 45.6. The van der Waals surface area contributed by atoms with Gasteiger partial charge in [-0.3, -0.25) is 9.59 Å². The van der Waals surface area contributed by atoms with E-state index in [0.29, 0.717) is 21.8 Å². The van der Waals surface area contributed by atoms with Gasteiger partial charge in [-0.2, -0.15) is 0 Å². The van der Waals surface area contributed by atoms with Crippen molar-refractivity contribution in [3.63, 3.8) is 0 Å². The zero-order valence-electron chi connectivity index (χ0n) is 16.9. The molecule has 0 aliphatic carbocycles. The van der Waals surface area contributed by atoms with Crippen LogP contribution in [0.15, 0.2) is 23.0 Å². The predicted molar refractivity (Wildman–Crippen MR) is 119 cm³/mol. The number of nitrogens with zero attached hydrogens (tertiary/aromatic N) is 1. The molecule has 0 fully saturated rings. The number of amides is 1. The van der Waals surface area contributed by atoms with Gasteiger partial charge in [0, 0.05) is 4.88 Å². The van der Waals surface area contributed by atoms with Crippen molar-refractivity contribution in [1.29, 1.82) is 0 Å². The van der Waals surface area contributed by atoms with E-state index in [-0.39, 0.29) is 28.5 Å².